The van der Waals surface area contributed by atoms with E-state index in [1.54, 1.807) is 23.5 Å². The van der Waals surface area contributed by atoms with Crippen molar-refractivity contribution in [3.63, 3.8) is 0 Å². The molecule has 2 aliphatic rings. The van der Waals surface area contributed by atoms with Crippen molar-refractivity contribution < 1.29 is 4.79 Å². The third-order valence-electron chi connectivity index (χ3n) is 7.50. The van der Waals surface area contributed by atoms with Crippen LogP contribution in [-0.4, -0.2) is 25.2 Å². The topological polar surface area (TPSA) is 44.7 Å². The molecule has 4 nitrogen and oxygen atoms in total. The van der Waals surface area contributed by atoms with Crippen molar-refractivity contribution >= 4 is 51.4 Å². The molecule has 1 N–H and O–H groups in total. The summed E-state index contributed by atoms with van der Waals surface area (Å²) in [5.74, 6) is 0.506. The molecule has 5 rings (SSSR count). The monoisotopic (exact) mass is 519 g/mol. The van der Waals surface area contributed by atoms with Crippen molar-refractivity contribution in [1.82, 2.24) is 0 Å². The highest BCUT2D eigenvalue weighted by Gasteiger charge is 2.33. The highest BCUT2D eigenvalue weighted by molar-refractivity contribution is 7.16. The number of anilines is 2. The van der Waals surface area contributed by atoms with Crippen LogP contribution in [0.15, 0.2) is 53.5 Å². The molecule has 188 valence electrons. The second-order valence-electron chi connectivity index (χ2n) is 11.0. The number of nitrogens with one attached hydrogen (secondary N) is 1. The van der Waals surface area contributed by atoms with Gasteiger partial charge in [0, 0.05) is 40.6 Å². The molecule has 3 aromatic rings. The Kier molecular flexibility index (Phi) is 7.23. The van der Waals surface area contributed by atoms with Gasteiger partial charge in [0.1, 0.15) is 5.00 Å². The Morgan fingerprint density at radius 1 is 1.08 bits per heavy atom. The quantitative estimate of drug-likeness (QED) is 0.345. The van der Waals surface area contributed by atoms with Crippen molar-refractivity contribution in [2.45, 2.75) is 52.9 Å². The maximum atomic E-state index is 13.5. The lowest BCUT2D eigenvalue weighted by atomic mass is 9.72. The molecule has 0 radical (unpaired) electrons. The summed E-state index contributed by atoms with van der Waals surface area (Å²) in [6.45, 7) is 9.21. The molecule has 36 heavy (non-hydrogen) atoms. The highest BCUT2D eigenvalue weighted by Crippen LogP contribution is 2.45. The number of thiophene rings is 1. The molecular weight excluding hydrogens is 486 g/mol. The first-order valence-corrected chi connectivity index (χ1v) is 14.1. The van der Waals surface area contributed by atoms with E-state index < -0.39 is 0 Å². The van der Waals surface area contributed by atoms with E-state index in [0.29, 0.717) is 10.9 Å². The molecule has 1 aliphatic carbocycles. The average Bonchev–Trinajstić information content (AvgIpc) is 3.51. The van der Waals surface area contributed by atoms with Crippen molar-refractivity contribution in [2.24, 2.45) is 16.3 Å². The molecule has 1 fully saturated rings. The Labute approximate surface area is 223 Å². The summed E-state index contributed by atoms with van der Waals surface area (Å²) in [5, 5.41) is 4.51. The van der Waals surface area contributed by atoms with Crippen LogP contribution in [0.3, 0.4) is 0 Å². The van der Waals surface area contributed by atoms with Gasteiger partial charge in [-0.2, -0.15) is 0 Å². The minimum absolute atomic E-state index is 0.0967. The smallest absolute Gasteiger partial charge is 0.259 e. The van der Waals surface area contributed by atoms with Crippen molar-refractivity contribution in [3.05, 3.63) is 75.1 Å². The van der Waals surface area contributed by atoms with Gasteiger partial charge >= 0.3 is 0 Å². The predicted octanol–water partition coefficient (Wildman–Crippen LogP) is 8.16. The first kappa shape index (κ1) is 25.0. The Hall–Kier alpha value is -2.63. The Morgan fingerprint density at radius 2 is 1.78 bits per heavy atom. The fourth-order valence-corrected chi connectivity index (χ4v) is 6.64. The highest BCUT2D eigenvalue weighted by atomic mass is 35.5. The molecule has 1 amide bonds. The van der Waals surface area contributed by atoms with Crippen LogP contribution in [0.2, 0.25) is 5.02 Å². The van der Waals surface area contributed by atoms with Crippen LogP contribution < -0.4 is 10.2 Å². The van der Waals surface area contributed by atoms with Crippen LogP contribution in [-0.2, 0) is 12.8 Å². The number of carbonyl (C=O) groups excluding carboxylic acids is 1. The zero-order valence-electron chi connectivity index (χ0n) is 21.3. The fourth-order valence-electron chi connectivity index (χ4n) is 5.24. The van der Waals surface area contributed by atoms with E-state index in [0.717, 1.165) is 54.2 Å². The van der Waals surface area contributed by atoms with Gasteiger partial charge in [-0.15, -0.1) is 11.3 Å². The van der Waals surface area contributed by atoms with E-state index in [-0.39, 0.29) is 11.3 Å². The molecule has 6 heteroatoms. The molecular formula is C30H34ClN3OS. The lowest BCUT2D eigenvalue weighted by molar-refractivity contribution is 0.102. The first-order valence-electron chi connectivity index (χ1n) is 12.9. The van der Waals surface area contributed by atoms with Crippen LogP contribution in [0.25, 0.3) is 0 Å². The molecule has 1 aromatic heterocycles. The number of nitrogens with zero attached hydrogens (tertiary/aromatic N) is 2. The second-order valence-corrected chi connectivity index (χ2v) is 12.5. The van der Waals surface area contributed by atoms with Crippen LogP contribution in [0.5, 0.6) is 0 Å². The number of hydrogen-bond donors (Lipinski definition) is 1. The molecule has 1 aliphatic heterocycles. The number of halogens is 1. The lowest BCUT2D eigenvalue weighted by Gasteiger charge is -2.33. The molecule has 2 heterocycles. The van der Waals surface area contributed by atoms with Crippen LogP contribution >= 0.6 is 22.9 Å². The number of benzene rings is 2. The number of carbonyl (C=O) groups is 1. The molecule has 1 atom stereocenters. The number of aliphatic imine (C=N–C) groups is 1. The van der Waals surface area contributed by atoms with E-state index in [9.17, 15) is 4.79 Å². The predicted molar refractivity (Wildman–Crippen MR) is 154 cm³/mol. The Bertz CT molecular complexity index is 1250. The van der Waals surface area contributed by atoms with Crippen molar-refractivity contribution in [3.8, 4) is 0 Å². The standard InChI is InChI=1S/C30H34ClN3OS/c1-30(2,3)21-8-15-25-26(18-21)36-29(27(25)28(35)33-23-11-9-22(31)10-12-23)32-19-20-6-13-24(14-7-20)34-16-4-5-17-34/h6-7,9-14,19,21H,4-5,8,15-18H2,1-3H3,(H,33,35)/t21-/m0/s1. The van der Waals surface area contributed by atoms with Crippen LogP contribution in [0, 0.1) is 11.3 Å². The van der Waals surface area contributed by atoms with Gasteiger partial charge in [-0.3, -0.25) is 4.79 Å². The summed E-state index contributed by atoms with van der Waals surface area (Å²) < 4.78 is 0. The van der Waals surface area contributed by atoms with Crippen LogP contribution in [0.1, 0.15) is 66.4 Å². The van der Waals surface area contributed by atoms with Crippen LogP contribution in [0.4, 0.5) is 16.4 Å². The minimum atomic E-state index is -0.0967. The summed E-state index contributed by atoms with van der Waals surface area (Å²) in [7, 11) is 0. The molecule has 0 saturated carbocycles. The summed E-state index contributed by atoms with van der Waals surface area (Å²) >= 11 is 7.71. The minimum Gasteiger partial charge on any atom is -0.372 e. The van der Waals surface area contributed by atoms with E-state index in [2.05, 4.69) is 55.3 Å². The summed E-state index contributed by atoms with van der Waals surface area (Å²) in [6.07, 6.45) is 7.44. The summed E-state index contributed by atoms with van der Waals surface area (Å²) in [6, 6.07) is 15.8. The van der Waals surface area contributed by atoms with E-state index in [4.69, 9.17) is 16.6 Å². The maximum Gasteiger partial charge on any atom is 0.259 e. The first-order chi connectivity index (χ1) is 17.3. The van der Waals surface area contributed by atoms with Crippen molar-refractivity contribution in [1.29, 1.82) is 0 Å². The van der Waals surface area contributed by atoms with Gasteiger partial charge in [0.2, 0.25) is 0 Å². The third kappa shape index (κ3) is 5.52. The number of amides is 1. The SMILES string of the molecule is CC(C)(C)[C@H]1CCc2c(sc(N=Cc3ccc(N4CCCC4)cc3)c2C(=O)Nc2ccc(Cl)cc2)C1. The largest absolute Gasteiger partial charge is 0.372 e. The number of rotatable bonds is 5. The molecule has 2 aromatic carbocycles. The second kappa shape index (κ2) is 10.4. The van der Waals surface area contributed by atoms with E-state index >= 15 is 0 Å². The third-order valence-corrected chi connectivity index (χ3v) is 8.91. The Balaban J connectivity index is 1.43. The van der Waals surface area contributed by atoms with Crippen molar-refractivity contribution in [2.75, 3.05) is 23.3 Å². The molecule has 1 saturated heterocycles. The fraction of sp³-hybridized carbons (Fsp3) is 0.400. The van der Waals surface area contributed by atoms with Gasteiger partial charge in [-0.1, -0.05) is 44.5 Å². The molecule has 0 bridgehead atoms. The zero-order chi connectivity index (χ0) is 25.3. The van der Waals surface area contributed by atoms with E-state index in [1.165, 1.54) is 29.0 Å². The summed E-state index contributed by atoms with van der Waals surface area (Å²) in [5.41, 5.74) is 5.19. The molecule has 0 spiro atoms. The van der Waals surface area contributed by atoms with Gasteiger partial charge in [0.15, 0.2) is 0 Å². The van der Waals surface area contributed by atoms with Gasteiger partial charge in [-0.05, 0) is 91.0 Å². The van der Waals surface area contributed by atoms with E-state index in [1.807, 2.05) is 18.3 Å². The molecule has 0 unspecified atom stereocenters. The normalized spacial score (nSPS) is 18.0. The lowest BCUT2D eigenvalue weighted by Crippen LogP contribution is -2.27. The zero-order valence-corrected chi connectivity index (χ0v) is 22.9. The summed E-state index contributed by atoms with van der Waals surface area (Å²) in [4.78, 5) is 22.1. The van der Waals surface area contributed by atoms with Gasteiger partial charge in [0.25, 0.3) is 5.91 Å². The maximum absolute atomic E-state index is 13.5. The van der Waals surface area contributed by atoms with Gasteiger partial charge in [-0.25, -0.2) is 4.99 Å². The Morgan fingerprint density at radius 3 is 2.44 bits per heavy atom. The average molecular weight is 520 g/mol. The van der Waals surface area contributed by atoms with Gasteiger partial charge < -0.3 is 10.2 Å². The number of fused-ring (bicyclic) bond motifs is 1. The number of hydrogen-bond acceptors (Lipinski definition) is 4. The van der Waals surface area contributed by atoms with Gasteiger partial charge in [0.05, 0.1) is 5.56 Å².